The molecule has 0 bridgehead atoms. The maximum Gasteiger partial charge on any atom is 0.161 e. The topological polar surface area (TPSA) is 85.0 Å². The molecule has 0 atom stereocenters. The van der Waals surface area contributed by atoms with Gasteiger partial charge < -0.3 is 14.8 Å². The van der Waals surface area contributed by atoms with E-state index in [9.17, 15) is 0 Å². The van der Waals surface area contributed by atoms with Crippen molar-refractivity contribution in [2.24, 2.45) is 0 Å². The SMILES string of the molecule is CCCCc1nc(NCc2ccc(OC)c(OC)c2)c2n[nH]c(I)c2n1. The van der Waals surface area contributed by atoms with Crippen LogP contribution in [-0.2, 0) is 13.0 Å². The summed E-state index contributed by atoms with van der Waals surface area (Å²) >= 11 is 2.21. The maximum atomic E-state index is 5.37. The standard InChI is InChI=1S/C18H22IN5O2/c1-4-5-6-14-21-15-16(23-24-17(15)19)18(22-14)20-10-11-7-8-12(25-2)13(9-11)26-3/h7-9H,4-6,10H2,1-3H3,(H,23,24)(H,20,21,22). The lowest BCUT2D eigenvalue weighted by Gasteiger charge is -2.11. The molecule has 1 aromatic carbocycles. The number of aryl methyl sites for hydroxylation is 1. The molecule has 3 aromatic rings. The summed E-state index contributed by atoms with van der Waals surface area (Å²) < 4.78 is 11.6. The first kappa shape index (κ1) is 18.7. The van der Waals surface area contributed by atoms with Crippen molar-refractivity contribution in [3.63, 3.8) is 0 Å². The molecule has 0 aliphatic heterocycles. The Labute approximate surface area is 166 Å². The highest BCUT2D eigenvalue weighted by atomic mass is 127. The summed E-state index contributed by atoms with van der Waals surface area (Å²) in [5, 5.41) is 10.7. The second-order valence-corrected chi connectivity index (χ2v) is 6.95. The molecule has 8 heteroatoms. The van der Waals surface area contributed by atoms with Crippen molar-refractivity contribution in [2.75, 3.05) is 19.5 Å². The Morgan fingerprint density at radius 2 is 1.92 bits per heavy atom. The number of nitrogens with one attached hydrogen (secondary N) is 2. The number of H-pyrrole nitrogens is 1. The Kier molecular flexibility index (Phi) is 6.12. The fraction of sp³-hybridized carbons (Fsp3) is 0.389. The van der Waals surface area contributed by atoms with E-state index in [4.69, 9.17) is 9.47 Å². The highest BCUT2D eigenvalue weighted by Crippen LogP contribution is 2.28. The molecule has 0 spiro atoms. The van der Waals surface area contributed by atoms with Gasteiger partial charge in [0, 0.05) is 13.0 Å². The lowest BCUT2D eigenvalue weighted by molar-refractivity contribution is 0.354. The van der Waals surface area contributed by atoms with E-state index in [2.05, 4.69) is 55.0 Å². The van der Waals surface area contributed by atoms with Crippen molar-refractivity contribution < 1.29 is 9.47 Å². The van der Waals surface area contributed by atoms with Crippen molar-refractivity contribution >= 4 is 39.4 Å². The van der Waals surface area contributed by atoms with Crippen molar-refractivity contribution in [3.05, 3.63) is 33.3 Å². The molecule has 0 saturated carbocycles. The van der Waals surface area contributed by atoms with Crippen LogP contribution in [0.25, 0.3) is 11.0 Å². The summed E-state index contributed by atoms with van der Waals surface area (Å²) in [5.74, 6) is 3.01. The van der Waals surface area contributed by atoms with E-state index in [1.807, 2.05) is 18.2 Å². The molecule has 7 nitrogen and oxygen atoms in total. The molecular formula is C18H22IN5O2. The first-order valence-corrected chi connectivity index (χ1v) is 9.59. The van der Waals surface area contributed by atoms with Gasteiger partial charge in [0.1, 0.15) is 15.0 Å². The molecule has 138 valence electrons. The minimum absolute atomic E-state index is 0.600. The zero-order valence-corrected chi connectivity index (χ0v) is 17.3. The van der Waals surface area contributed by atoms with Gasteiger partial charge in [-0.3, -0.25) is 5.10 Å². The van der Waals surface area contributed by atoms with Crippen LogP contribution in [0.15, 0.2) is 18.2 Å². The number of anilines is 1. The first-order chi connectivity index (χ1) is 12.7. The number of hydrogen-bond donors (Lipinski definition) is 2. The van der Waals surface area contributed by atoms with Crippen LogP contribution in [0.4, 0.5) is 5.82 Å². The normalized spacial score (nSPS) is 10.9. The molecule has 0 unspecified atom stereocenters. The Morgan fingerprint density at radius 3 is 2.65 bits per heavy atom. The number of fused-ring (bicyclic) bond motifs is 1. The van der Waals surface area contributed by atoms with E-state index in [0.29, 0.717) is 18.0 Å². The number of methoxy groups -OCH3 is 2. The number of halogens is 1. The van der Waals surface area contributed by atoms with E-state index in [0.717, 1.165) is 51.2 Å². The van der Waals surface area contributed by atoms with Gasteiger partial charge >= 0.3 is 0 Å². The molecule has 3 rings (SSSR count). The van der Waals surface area contributed by atoms with Gasteiger partial charge in [0.05, 0.1) is 14.2 Å². The van der Waals surface area contributed by atoms with Crippen molar-refractivity contribution in [3.8, 4) is 11.5 Å². The van der Waals surface area contributed by atoms with Crippen LogP contribution in [0.2, 0.25) is 0 Å². The summed E-state index contributed by atoms with van der Waals surface area (Å²) in [7, 11) is 3.26. The van der Waals surface area contributed by atoms with Gasteiger partial charge in [0.15, 0.2) is 22.8 Å². The molecular weight excluding hydrogens is 445 g/mol. The molecule has 2 heterocycles. The minimum Gasteiger partial charge on any atom is -0.493 e. The summed E-state index contributed by atoms with van der Waals surface area (Å²) in [6, 6.07) is 5.85. The van der Waals surface area contributed by atoms with Gasteiger partial charge in [-0.25, -0.2) is 9.97 Å². The van der Waals surface area contributed by atoms with Crippen LogP contribution < -0.4 is 14.8 Å². The first-order valence-electron chi connectivity index (χ1n) is 8.51. The Bertz CT molecular complexity index is 897. The van der Waals surface area contributed by atoms with Crippen LogP contribution in [0.5, 0.6) is 11.5 Å². The van der Waals surface area contributed by atoms with Crippen molar-refractivity contribution in [2.45, 2.75) is 32.7 Å². The number of ether oxygens (including phenoxy) is 2. The predicted molar refractivity (Wildman–Crippen MR) is 110 cm³/mol. The molecule has 0 amide bonds. The number of unbranched alkanes of at least 4 members (excludes halogenated alkanes) is 1. The third-order valence-corrected chi connectivity index (χ3v) is 4.82. The highest BCUT2D eigenvalue weighted by molar-refractivity contribution is 14.1. The number of benzene rings is 1. The summed E-state index contributed by atoms with van der Waals surface area (Å²) in [4.78, 5) is 9.33. The van der Waals surface area contributed by atoms with Gasteiger partial charge in [0.2, 0.25) is 0 Å². The molecule has 2 aromatic heterocycles. The summed E-state index contributed by atoms with van der Waals surface area (Å²) in [6.07, 6.45) is 3.03. The molecule has 26 heavy (non-hydrogen) atoms. The minimum atomic E-state index is 0.600. The van der Waals surface area contributed by atoms with Crippen LogP contribution in [-0.4, -0.2) is 34.4 Å². The molecule has 0 aliphatic carbocycles. The van der Waals surface area contributed by atoms with E-state index in [1.165, 1.54) is 0 Å². The predicted octanol–water partition coefficient (Wildman–Crippen LogP) is 3.93. The lowest BCUT2D eigenvalue weighted by Crippen LogP contribution is -2.06. The van der Waals surface area contributed by atoms with Gasteiger partial charge in [-0.2, -0.15) is 5.10 Å². The summed E-state index contributed by atoms with van der Waals surface area (Å²) in [6.45, 7) is 2.76. The zero-order chi connectivity index (χ0) is 18.5. The highest BCUT2D eigenvalue weighted by Gasteiger charge is 2.14. The van der Waals surface area contributed by atoms with E-state index < -0.39 is 0 Å². The number of aromatic amines is 1. The summed E-state index contributed by atoms with van der Waals surface area (Å²) in [5.41, 5.74) is 2.69. The van der Waals surface area contributed by atoms with Gasteiger partial charge in [0.25, 0.3) is 0 Å². The lowest BCUT2D eigenvalue weighted by atomic mass is 10.2. The average Bonchev–Trinajstić information content (AvgIpc) is 3.05. The molecule has 0 saturated heterocycles. The Morgan fingerprint density at radius 1 is 1.12 bits per heavy atom. The van der Waals surface area contributed by atoms with Crippen LogP contribution in [0, 0.1) is 3.70 Å². The van der Waals surface area contributed by atoms with E-state index in [-0.39, 0.29) is 0 Å². The van der Waals surface area contributed by atoms with E-state index in [1.54, 1.807) is 14.2 Å². The van der Waals surface area contributed by atoms with E-state index >= 15 is 0 Å². The molecule has 0 fully saturated rings. The number of aromatic nitrogens is 4. The fourth-order valence-electron chi connectivity index (χ4n) is 2.66. The molecule has 0 radical (unpaired) electrons. The maximum absolute atomic E-state index is 5.37. The second kappa shape index (κ2) is 8.52. The number of nitrogens with zero attached hydrogens (tertiary/aromatic N) is 3. The van der Waals surface area contributed by atoms with Crippen LogP contribution in [0.1, 0.15) is 31.2 Å². The number of rotatable bonds is 8. The Balaban J connectivity index is 1.86. The van der Waals surface area contributed by atoms with Crippen LogP contribution in [0.3, 0.4) is 0 Å². The molecule has 0 aliphatic rings. The Hall–Kier alpha value is -2.10. The zero-order valence-electron chi connectivity index (χ0n) is 15.1. The van der Waals surface area contributed by atoms with Gasteiger partial charge in [-0.05, 0) is 46.7 Å². The van der Waals surface area contributed by atoms with Gasteiger partial charge in [-0.15, -0.1) is 0 Å². The number of hydrogen-bond acceptors (Lipinski definition) is 6. The largest absolute Gasteiger partial charge is 0.493 e. The smallest absolute Gasteiger partial charge is 0.161 e. The fourth-order valence-corrected chi connectivity index (χ4v) is 3.16. The third-order valence-electron chi connectivity index (χ3n) is 4.07. The quantitative estimate of drug-likeness (QED) is 0.489. The van der Waals surface area contributed by atoms with Gasteiger partial charge in [-0.1, -0.05) is 19.4 Å². The molecule has 2 N–H and O–H groups in total. The average molecular weight is 467 g/mol. The van der Waals surface area contributed by atoms with Crippen molar-refractivity contribution in [1.29, 1.82) is 0 Å². The van der Waals surface area contributed by atoms with Crippen molar-refractivity contribution in [1.82, 2.24) is 20.2 Å². The van der Waals surface area contributed by atoms with Crippen LogP contribution >= 0.6 is 22.6 Å². The second-order valence-electron chi connectivity index (χ2n) is 5.87. The third kappa shape index (κ3) is 4.00. The monoisotopic (exact) mass is 467 g/mol.